The Hall–Kier alpha value is -7.35. The van der Waals surface area contributed by atoms with Crippen LogP contribution in [-0.4, -0.2) is 165 Å². The highest BCUT2D eigenvalue weighted by molar-refractivity contribution is 8.44. The monoisotopic (exact) mass is 1310 g/mol. The summed E-state index contributed by atoms with van der Waals surface area (Å²) >= 11 is 9.60. The van der Waals surface area contributed by atoms with Gasteiger partial charge < -0.3 is 59.0 Å². The number of imide groups is 1. The molecule has 8 N–H and O–H groups in total. The number of nitrogens with zero attached hydrogens (tertiary/aromatic N) is 7. The average molecular weight is 1310 g/mol. The molecule has 3 aliphatic heterocycles. The number of aliphatic hydroxyl groups excluding tert-OH is 1. The first-order chi connectivity index (χ1) is 42.4. The summed E-state index contributed by atoms with van der Waals surface area (Å²) in [6.07, 6.45) is 0.130. The molecule has 3 aromatic heterocycles. The number of aromatic nitrogens is 6. The SMILES string of the molecule is CC(C)[C@H](NC(=O)CCCCCN1C(=O)C=CC1=O)C(=O)N[C@@H](C)C(=O)Nc1ccc(CN(CCc2ccccc2C(=O)Nc2nc3c(ncn3[C@@H]3O[C@@H]4COP(O)(=S)O[C@H]5C[C@H](Oc6ccncn6)C[C@@H]5COP(=O)(S)O[C@@H]3[C@@H]4O)c(=O)[nH]2)C(=O)O)cc1. The lowest BCUT2D eigenvalue weighted by molar-refractivity contribution is -0.137. The van der Waals surface area contributed by atoms with Crippen molar-refractivity contribution in [3.05, 3.63) is 113 Å². The molecule has 2 aromatic carbocycles. The number of nitrogens with one attached hydrogen (secondary N) is 5. The molecule has 0 spiro atoms. The molecule has 6 heterocycles. The summed E-state index contributed by atoms with van der Waals surface area (Å²) < 4.78 is 50.6. The molecule has 89 heavy (non-hydrogen) atoms. The number of carbonyl (C=O) groups excluding carboxylic acids is 6. The van der Waals surface area contributed by atoms with Crippen LogP contribution in [0, 0.1) is 11.8 Å². The first-order valence-electron chi connectivity index (χ1n) is 28.4. The van der Waals surface area contributed by atoms with Crippen molar-refractivity contribution in [3.63, 3.8) is 0 Å². The molecule has 4 aliphatic rings. The second kappa shape index (κ2) is 29.1. The molecule has 7 amide bonds. The maximum Gasteiger partial charge on any atom is 0.407 e. The number of anilines is 2. The van der Waals surface area contributed by atoms with E-state index in [1.807, 2.05) is 0 Å². The number of imidazole rings is 1. The molecule has 34 heteroatoms. The van der Waals surface area contributed by atoms with Crippen LogP contribution in [0.2, 0.25) is 0 Å². The van der Waals surface area contributed by atoms with Gasteiger partial charge in [-0.1, -0.05) is 62.8 Å². The van der Waals surface area contributed by atoms with Gasteiger partial charge in [0, 0.05) is 74.1 Å². The van der Waals surface area contributed by atoms with Crippen LogP contribution in [0.5, 0.6) is 5.88 Å². The van der Waals surface area contributed by atoms with E-state index in [1.165, 1.54) is 42.2 Å². The Kier molecular flexibility index (Phi) is 21.6. The minimum Gasteiger partial charge on any atom is -0.474 e. The quantitative estimate of drug-likeness (QED) is 0.0203. The van der Waals surface area contributed by atoms with E-state index in [0.29, 0.717) is 42.0 Å². The smallest absolute Gasteiger partial charge is 0.407 e. The number of benzene rings is 2. The minimum absolute atomic E-state index is 0.0552. The number of carboxylic acid groups (broad SMARTS) is 1. The number of amides is 7. The van der Waals surface area contributed by atoms with Crippen LogP contribution in [0.25, 0.3) is 11.2 Å². The van der Waals surface area contributed by atoms with Gasteiger partial charge in [0.15, 0.2) is 17.4 Å². The molecular weight excluding hydrogens is 1240 g/mol. The number of H-pyrrole nitrogens is 1. The highest BCUT2D eigenvalue weighted by atomic mass is 32.7. The molecule has 476 valence electrons. The summed E-state index contributed by atoms with van der Waals surface area (Å²) in [6.45, 7) is -4.18. The number of aromatic amines is 1. The summed E-state index contributed by atoms with van der Waals surface area (Å²) in [5, 5.41) is 32.6. The highest BCUT2D eigenvalue weighted by Crippen LogP contribution is 2.59. The van der Waals surface area contributed by atoms with Crippen molar-refractivity contribution in [1.29, 1.82) is 0 Å². The van der Waals surface area contributed by atoms with E-state index in [2.05, 4.69) is 58.4 Å². The van der Waals surface area contributed by atoms with E-state index >= 15 is 0 Å². The predicted molar refractivity (Wildman–Crippen MR) is 322 cm³/mol. The molecule has 9 rings (SSSR count). The molecule has 5 aromatic rings. The Bertz CT molecular complexity index is 3620. The second-order valence-corrected chi connectivity index (χ2v) is 27.5. The van der Waals surface area contributed by atoms with Crippen LogP contribution in [-0.2, 0) is 76.1 Å². The van der Waals surface area contributed by atoms with Gasteiger partial charge in [0.05, 0.1) is 25.6 Å². The maximum atomic E-state index is 14.0. The lowest BCUT2D eigenvalue weighted by atomic mass is 10.0. The molecule has 30 nitrogen and oxygen atoms in total. The van der Waals surface area contributed by atoms with E-state index < -0.39 is 104 Å². The number of ether oxygens (including phenoxy) is 2. The minimum atomic E-state index is -4.38. The fourth-order valence-corrected chi connectivity index (χ4v) is 13.4. The Balaban J connectivity index is 0.787. The Morgan fingerprint density at radius 3 is 2.38 bits per heavy atom. The summed E-state index contributed by atoms with van der Waals surface area (Å²) in [7, 11) is 0. The summed E-state index contributed by atoms with van der Waals surface area (Å²) in [5.74, 6) is -3.89. The highest BCUT2D eigenvalue weighted by Gasteiger charge is 2.51. The molecule has 2 saturated heterocycles. The van der Waals surface area contributed by atoms with E-state index in [0.717, 1.165) is 16.1 Å². The Morgan fingerprint density at radius 1 is 0.910 bits per heavy atom. The van der Waals surface area contributed by atoms with Crippen LogP contribution in [0.4, 0.5) is 16.4 Å². The van der Waals surface area contributed by atoms with Crippen molar-refractivity contribution in [2.45, 2.75) is 121 Å². The first kappa shape index (κ1) is 66.1. The molecule has 3 fully saturated rings. The van der Waals surface area contributed by atoms with Gasteiger partial charge >= 0.3 is 19.6 Å². The Morgan fingerprint density at radius 2 is 1.66 bits per heavy atom. The van der Waals surface area contributed by atoms with Crippen LogP contribution in [0.3, 0.4) is 0 Å². The van der Waals surface area contributed by atoms with Gasteiger partial charge in [-0.15, -0.1) is 0 Å². The van der Waals surface area contributed by atoms with Crippen molar-refractivity contribution in [2.75, 3.05) is 36.9 Å². The van der Waals surface area contributed by atoms with E-state index in [-0.39, 0.29) is 98.2 Å². The zero-order valence-electron chi connectivity index (χ0n) is 48.2. The van der Waals surface area contributed by atoms with Crippen LogP contribution >= 0.6 is 25.8 Å². The van der Waals surface area contributed by atoms with Crippen molar-refractivity contribution in [2.24, 2.45) is 11.8 Å². The van der Waals surface area contributed by atoms with E-state index in [9.17, 15) is 58.0 Å². The lowest BCUT2D eigenvalue weighted by Gasteiger charge is -2.27. The lowest BCUT2D eigenvalue weighted by Crippen LogP contribution is -2.53. The number of carbonyl (C=O) groups is 7. The number of hydrogen-bond donors (Lipinski definition) is 9. The van der Waals surface area contributed by atoms with Crippen LogP contribution in [0.1, 0.15) is 87.0 Å². The third-order valence-electron chi connectivity index (χ3n) is 15.0. The van der Waals surface area contributed by atoms with Gasteiger partial charge in [-0.05, 0) is 79.7 Å². The van der Waals surface area contributed by atoms with Crippen LogP contribution in [0.15, 0.2) is 90.4 Å². The van der Waals surface area contributed by atoms with E-state index in [4.69, 9.17) is 39.4 Å². The fraction of sp³-hybridized carbons (Fsp3) is 0.455. The second-order valence-electron chi connectivity index (χ2n) is 21.8. The summed E-state index contributed by atoms with van der Waals surface area (Å²) in [5.41, 5.74) is 0.240. The zero-order valence-corrected chi connectivity index (χ0v) is 51.7. The normalized spacial score (nSPS) is 25.1. The molecule has 0 radical (unpaired) electrons. The Labute approximate surface area is 518 Å². The van der Waals surface area contributed by atoms with Gasteiger partial charge in [-0.25, -0.2) is 24.3 Å². The zero-order chi connectivity index (χ0) is 63.7. The van der Waals surface area contributed by atoms with Gasteiger partial charge in [-0.2, -0.15) is 4.98 Å². The molecule has 2 bridgehead atoms. The van der Waals surface area contributed by atoms with Crippen molar-refractivity contribution in [3.8, 4) is 5.88 Å². The molecular formula is C55H66N12O18P2S2. The number of aliphatic hydroxyl groups is 1. The summed E-state index contributed by atoms with van der Waals surface area (Å²) in [6, 6.07) is 12.4. The van der Waals surface area contributed by atoms with E-state index in [1.54, 1.807) is 62.4 Å². The molecule has 1 saturated carbocycles. The molecule has 2 unspecified atom stereocenters. The molecule has 1 aliphatic carbocycles. The topological polar surface area (TPSA) is 397 Å². The fourth-order valence-electron chi connectivity index (χ4n) is 10.4. The largest absolute Gasteiger partial charge is 0.474 e. The summed E-state index contributed by atoms with van der Waals surface area (Å²) in [4.78, 5) is 136. The van der Waals surface area contributed by atoms with Crippen LogP contribution < -0.4 is 31.6 Å². The van der Waals surface area contributed by atoms with Crippen molar-refractivity contribution >= 4 is 102 Å². The maximum absolute atomic E-state index is 14.0. The average Bonchev–Trinajstić information content (AvgIpc) is 1.84. The molecule has 11 atom stereocenters. The number of fused-ring (bicyclic) bond motifs is 4. The number of unbranched alkanes of at least 4 members (excludes halogenated alkanes) is 2. The number of hydrogen-bond acceptors (Lipinski definition) is 21. The van der Waals surface area contributed by atoms with Crippen molar-refractivity contribution < 1.29 is 80.8 Å². The third-order valence-corrected chi connectivity index (χ3v) is 18.2. The van der Waals surface area contributed by atoms with Crippen molar-refractivity contribution in [1.82, 2.24) is 49.9 Å². The van der Waals surface area contributed by atoms with Gasteiger partial charge in [0.1, 0.15) is 42.8 Å². The number of thiol groups is 1. The van der Waals surface area contributed by atoms with Gasteiger partial charge in [0.25, 0.3) is 23.3 Å². The van der Waals surface area contributed by atoms with Gasteiger partial charge in [-0.3, -0.25) is 57.9 Å². The van der Waals surface area contributed by atoms with Gasteiger partial charge in [0.2, 0.25) is 29.5 Å². The standard InChI is InChI=1S/C55H66N12O18P2S2/c1-30(2)44(61-40(68)11-5-4-8-21-66-42(69)16-17-43(66)70)51(74)59-31(3)49(72)60-35-14-12-32(13-15-35)25-65(55(76)77)22-19-33-9-6-7-10-37(33)50(73)63-54-62-48-45(52(75)64-54)58-29-67(48)53-47-46(71)39(83-53)27-81-86(78,88)84-38-24-36(82-41-18-20-56-28-57-41)23-34(38)26-80-87(79,89)85-47/h6-7,9-10,12-18,20,28-31,34,36,38-39,44,46-47,53,71H,4-5,8,11,19,21-27H2,1-3H3,(H,59,74)(H,60,72)(H,61,68)(H,76,77)(H,78,88)(H,79,89)(H2,62,63,64,73,75)/t31-,34+,36+,38-,39+,44-,46+,47+,53+,86?,87?/m0/s1. The third kappa shape index (κ3) is 17.1. The first-order valence-corrected chi connectivity index (χ1v) is 33.6. The predicted octanol–water partition coefficient (Wildman–Crippen LogP) is 4.14. The number of rotatable bonds is 22.